The van der Waals surface area contributed by atoms with E-state index in [-0.39, 0.29) is 11.9 Å². The van der Waals surface area contributed by atoms with Gasteiger partial charge >= 0.3 is 0 Å². The molecule has 0 heterocycles. The summed E-state index contributed by atoms with van der Waals surface area (Å²) in [6.45, 7) is 10.8. The monoisotopic (exact) mass is 392 g/mol. The van der Waals surface area contributed by atoms with E-state index in [2.05, 4.69) is 58.9 Å². The third-order valence-corrected chi connectivity index (χ3v) is 4.86. The summed E-state index contributed by atoms with van der Waals surface area (Å²) >= 11 is 0. The Kier molecular flexibility index (Phi) is 9.18. The maximum atomic E-state index is 12.2. The molecule has 2 aromatic rings. The average molecular weight is 393 g/mol. The zero-order valence-electron chi connectivity index (χ0n) is 18.7. The Morgan fingerprint density at radius 3 is 2.17 bits per heavy atom. The predicted molar refractivity (Wildman–Crippen MR) is 123 cm³/mol. The van der Waals surface area contributed by atoms with Crippen molar-refractivity contribution in [3.63, 3.8) is 0 Å². The molecule has 2 nitrogen and oxygen atoms in total. The molecule has 0 aliphatic heterocycles. The molecular formula is C27H36O2. The van der Waals surface area contributed by atoms with Crippen LogP contribution >= 0.6 is 0 Å². The Morgan fingerprint density at radius 2 is 1.62 bits per heavy atom. The minimum Gasteiger partial charge on any atom is -0.486 e. The van der Waals surface area contributed by atoms with Gasteiger partial charge in [0.25, 0.3) is 0 Å². The van der Waals surface area contributed by atoms with Crippen LogP contribution in [0.2, 0.25) is 0 Å². The maximum Gasteiger partial charge on any atom is 0.185 e. The minimum absolute atomic E-state index is 0.0328. The van der Waals surface area contributed by atoms with Crippen molar-refractivity contribution in [2.45, 2.75) is 66.4 Å². The first-order valence-electron chi connectivity index (χ1n) is 11.0. The smallest absolute Gasteiger partial charge is 0.185 e. The molecule has 0 saturated carbocycles. The van der Waals surface area contributed by atoms with Gasteiger partial charge in [-0.25, -0.2) is 0 Å². The van der Waals surface area contributed by atoms with Gasteiger partial charge in [-0.3, -0.25) is 4.79 Å². The Labute approximate surface area is 177 Å². The number of hydrogen-bond acceptors (Lipinski definition) is 2. The van der Waals surface area contributed by atoms with Crippen molar-refractivity contribution in [3.8, 4) is 5.75 Å². The van der Waals surface area contributed by atoms with E-state index in [4.69, 9.17) is 4.74 Å². The molecule has 156 valence electrons. The normalized spacial score (nSPS) is 12.7. The topological polar surface area (TPSA) is 26.3 Å². The van der Waals surface area contributed by atoms with E-state index in [0.29, 0.717) is 17.4 Å². The highest BCUT2D eigenvalue weighted by atomic mass is 16.5. The fraction of sp³-hybridized carbons (Fsp3) is 0.444. The molecule has 0 fully saturated rings. The van der Waals surface area contributed by atoms with E-state index >= 15 is 0 Å². The van der Waals surface area contributed by atoms with Gasteiger partial charge in [0.1, 0.15) is 11.9 Å². The van der Waals surface area contributed by atoms with Crippen LogP contribution in [-0.4, -0.2) is 5.78 Å². The second-order valence-corrected chi connectivity index (χ2v) is 8.58. The Hall–Kier alpha value is -2.35. The van der Waals surface area contributed by atoms with Crippen LogP contribution in [0.3, 0.4) is 0 Å². The van der Waals surface area contributed by atoms with E-state index in [1.807, 2.05) is 30.3 Å². The van der Waals surface area contributed by atoms with E-state index in [1.54, 1.807) is 6.08 Å². The lowest BCUT2D eigenvalue weighted by Crippen LogP contribution is -2.08. The van der Waals surface area contributed by atoms with Crippen LogP contribution in [0.15, 0.2) is 60.7 Å². The van der Waals surface area contributed by atoms with Crippen LogP contribution in [0, 0.1) is 11.8 Å². The Balaban J connectivity index is 2.10. The molecule has 0 N–H and O–H groups in total. The number of rotatable bonds is 11. The summed E-state index contributed by atoms with van der Waals surface area (Å²) in [7, 11) is 0. The van der Waals surface area contributed by atoms with Gasteiger partial charge in [-0.05, 0) is 72.6 Å². The summed E-state index contributed by atoms with van der Waals surface area (Å²) in [5.74, 6) is 1.87. The van der Waals surface area contributed by atoms with Gasteiger partial charge in [0, 0.05) is 5.56 Å². The summed E-state index contributed by atoms with van der Waals surface area (Å²) in [6, 6.07) is 16.4. The lowest BCUT2D eigenvalue weighted by Gasteiger charge is -2.20. The van der Waals surface area contributed by atoms with E-state index in [0.717, 1.165) is 31.4 Å². The molecule has 29 heavy (non-hydrogen) atoms. The molecule has 0 amide bonds. The van der Waals surface area contributed by atoms with E-state index in [1.165, 1.54) is 11.1 Å². The molecule has 1 unspecified atom stereocenters. The van der Waals surface area contributed by atoms with E-state index in [9.17, 15) is 4.79 Å². The van der Waals surface area contributed by atoms with Gasteiger partial charge in [0.15, 0.2) is 5.78 Å². The Morgan fingerprint density at radius 1 is 0.966 bits per heavy atom. The van der Waals surface area contributed by atoms with Crippen molar-refractivity contribution in [1.82, 2.24) is 0 Å². The molecule has 0 spiro atoms. The first kappa shape index (κ1) is 22.9. The highest BCUT2D eigenvalue weighted by Crippen LogP contribution is 2.27. The van der Waals surface area contributed by atoms with Gasteiger partial charge in [-0.15, -0.1) is 0 Å². The van der Waals surface area contributed by atoms with Crippen LogP contribution < -0.4 is 4.74 Å². The summed E-state index contributed by atoms with van der Waals surface area (Å²) in [5.41, 5.74) is 3.28. The summed E-state index contributed by atoms with van der Waals surface area (Å²) in [4.78, 5) is 12.2. The lowest BCUT2D eigenvalue weighted by molar-refractivity contribution is 0.104. The molecular weight excluding hydrogens is 356 g/mol. The SMILES string of the molecule is CCCCC(Oc1ccc(C(=O)C=CC(C)C)cc1)c1ccc(CC(C)C)cc1. The minimum atomic E-state index is 0.0328. The van der Waals surface area contributed by atoms with Gasteiger partial charge in [-0.2, -0.15) is 0 Å². The molecule has 2 heteroatoms. The number of hydrogen-bond donors (Lipinski definition) is 0. The second kappa shape index (κ2) is 11.6. The van der Waals surface area contributed by atoms with Crippen molar-refractivity contribution < 1.29 is 9.53 Å². The first-order chi connectivity index (χ1) is 13.9. The molecule has 0 aliphatic carbocycles. The van der Waals surface area contributed by atoms with Crippen molar-refractivity contribution in [1.29, 1.82) is 0 Å². The fourth-order valence-corrected chi connectivity index (χ4v) is 3.26. The lowest BCUT2D eigenvalue weighted by atomic mass is 9.98. The van der Waals surface area contributed by atoms with Crippen molar-refractivity contribution in [3.05, 3.63) is 77.4 Å². The summed E-state index contributed by atoms with van der Waals surface area (Å²) in [6.07, 6.45) is 7.96. The third kappa shape index (κ3) is 7.89. The molecule has 1 atom stereocenters. The van der Waals surface area contributed by atoms with Crippen molar-refractivity contribution in [2.75, 3.05) is 0 Å². The van der Waals surface area contributed by atoms with Crippen LogP contribution in [0.4, 0.5) is 0 Å². The largest absolute Gasteiger partial charge is 0.486 e. The van der Waals surface area contributed by atoms with Crippen LogP contribution in [0.1, 0.15) is 81.5 Å². The Bertz CT molecular complexity index is 767. The van der Waals surface area contributed by atoms with Crippen molar-refractivity contribution in [2.24, 2.45) is 11.8 Å². The molecule has 2 aromatic carbocycles. The predicted octanol–water partition coefficient (Wildman–Crippen LogP) is 7.59. The number of ketones is 1. The maximum absolute atomic E-state index is 12.2. The summed E-state index contributed by atoms with van der Waals surface area (Å²) in [5, 5.41) is 0. The van der Waals surface area contributed by atoms with Crippen molar-refractivity contribution >= 4 is 5.78 Å². The van der Waals surface area contributed by atoms with Gasteiger partial charge < -0.3 is 4.74 Å². The first-order valence-corrected chi connectivity index (χ1v) is 11.0. The fourth-order valence-electron chi connectivity index (χ4n) is 3.26. The number of carbonyl (C=O) groups is 1. The van der Waals surface area contributed by atoms with Gasteiger partial charge in [0.2, 0.25) is 0 Å². The number of benzene rings is 2. The molecule has 0 saturated heterocycles. The number of unbranched alkanes of at least 4 members (excludes halogenated alkanes) is 1. The quantitative estimate of drug-likeness (QED) is 0.291. The second-order valence-electron chi connectivity index (χ2n) is 8.58. The van der Waals surface area contributed by atoms with E-state index < -0.39 is 0 Å². The zero-order valence-corrected chi connectivity index (χ0v) is 18.7. The molecule has 2 rings (SSSR count). The number of allylic oxidation sites excluding steroid dienone is 2. The van der Waals surface area contributed by atoms with Crippen LogP contribution in [0.5, 0.6) is 5.75 Å². The third-order valence-electron chi connectivity index (χ3n) is 4.86. The average Bonchev–Trinajstić information content (AvgIpc) is 2.70. The van der Waals surface area contributed by atoms with Crippen LogP contribution in [0.25, 0.3) is 0 Å². The van der Waals surface area contributed by atoms with Crippen LogP contribution in [-0.2, 0) is 6.42 Å². The van der Waals surface area contributed by atoms with Gasteiger partial charge in [0.05, 0.1) is 0 Å². The molecule has 0 bridgehead atoms. The summed E-state index contributed by atoms with van der Waals surface area (Å²) < 4.78 is 6.33. The standard InChI is InChI=1S/C27H36O2/c1-6-7-8-27(24-12-10-22(11-13-24)19-21(4)5)29-25-16-14-23(15-17-25)26(28)18-9-20(2)3/h9-18,20-21,27H,6-8,19H2,1-5H3. The number of ether oxygens (including phenoxy) is 1. The molecule has 0 aromatic heterocycles. The van der Waals surface area contributed by atoms with Gasteiger partial charge in [-0.1, -0.05) is 71.4 Å². The highest BCUT2D eigenvalue weighted by Gasteiger charge is 2.14. The highest BCUT2D eigenvalue weighted by molar-refractivity contribution is 6.04. The zero-order chi connectivity index (χ0) is 21.2. The molecule has 0 aliphatic rings. The number of carbonyl (C=O) groups excluding carboxylic acids is 1. The molecule has 0 radical (unpaired) electrons.